The molecule has 0 bridgehead atoms. The third-order valence-corrected chi connectivity index (χ3v) is 17.9. The lowest BCUT2D eigenvalue weighted by atomic mass is 9.83. The second kappa shape index (κ2) is 33.0. The number of ether oxygens (including phenoxy) is 3. The van der Waals surface area contributed by atoms with Crippen molar-refractivity contribution in [3.05, 3.63) is 143 Å². The number of benzene rings is 4. The lowest BCUT2D eigenvalue weighted by Crippen LogP contribution is -2.59. The number of aromatic nitrogens is 2. The lowest BCUT2D eigenvalue weighted by molar-refractivity contribution is -0.143. The lowest BCUT2D eigenvalue weighted by Gasteiger charge is -2.36. The molecule has 91 heavy (non-hydrogen) atoms. The van der Waals surface area contributed by atoms with Crippen LogP contribution in [0.5, 0.6) is 0 Å². The summed E-state index contributed by atoms with van der Waals surface area (Å²) >= 11 is 1.15. The van der Waals surface area contributed by atoms with Crippen LogP contribution in [0.2, 0.25) is 0 Å². The Labute approximate surface area is 532 Å². The van der Waals surface area contributed by atoms with E-state index in [1.54, 1.807) is 55.3 Å². The number of amides is 6. The van der Waals surface area contributed by atoms with Gasteiger partial charge in [-0.3, -0.25) is 39.0 Å². The van der Waals surface area contributed by atoms with Crippen LogP contribution < -0.4 is 31.9 Å². The molecule has 486 valence electrons. The Balaban J connectivity index is 0.710. The molecule has 1 aliphatic carbocycles. The molecule has 6 N–H and O–H groups in total. The molecule has 20 nitrogen and oxygen atoms in total. The molecule has 3 aliphatic rings. The minimum atomic E-state index is -4.61. The minimum absolute atomic E-state index is 0.0297. The van der Waals surface area contributed by atoms with Crippen LogP contribution in [0.25, 0.3) is 21.6 Å². The second-order valence-corrected chi connectivity index (χ2v) is 24.1. The topological polar surface area (TPSA) is 238 Å². The van der Waals surface area contributed by atoms with Crippen LogP contribution in [0.3, 0.4) is 0 Å². The molecule has 0 unspecified atom stereocenters. The maximum atomic E-state index is 14.6. The van der Waals surface area contributed by atoms with Crippen molar-refractivity contribution in [2.45, 2.75) is 102 Å². The summed E-state index contributed by atoms with van der Waals surface area (Å²) in [7, 11) is 1.69. The average molecular weight is 1270 g/mol. The first-order chi connectivity index (χ1) is 44.1. The number of nitrogens with zero attached hydrogens (tertiary/aromatic N) is 5. The number of piperazine rings is 1. The number of likely N-dealkylation sites (N-methyl/N-ethyl adjacent to an activating group) is 2. The molecule has 2 aliphatic heterocycles. The smallest absolute Gasteiger partial charge is 0.377 e. The number of pyridine rings is 1. The summed E-state index contributed by atoms with van der Waals surface area (Å²) in [5, 5.41) is 17.7. The van der Waals surface area contributed by atoms with Gasteiger partial charge in [-0.05, 0) is 105 Å². The number of alkyl halides is 3. The van der Waals surface area contributed by atoms with Crippen molar-refractivity contribution in [2.75, 3.05) is 103 Å². The van der Waals surface area contributed by atoms with Gasteiger partial charge in [0.05, 0.1) is 50.3 Å². The van der Waals surface area contributed by atoms with E-state index in [1.807, 2.05) is 65.6 Å². The quantitative estimate of drug-likeness (QED) is 0.0245. The third kappa shape index (κ3) is 18.7. The van der Waals surface area contributed by atoms with Gasteiger partial charge in [-0.15, -0.1) is 0 Å². The van der Waals surface area contributed by atoms with Crippen LogP contribution in [0.15, 0.2) is 115 Å². The first kappa shape index (κ1) is 67.7. The number of carbonyl (C=O) groups is 6. The standard InChI is InChI=1S/C67H82F3N11O9S/c1-4-79-31-33-80(34-32-79)42-50-25-26-51(41-52(50)67(68,69)70)73-61(84)49-23-14-22-48(40-49)53-27-28-54-64(74-53)91-66(75-54)76-56(82)43-90-39-38-89-37-36-88-35-29-72-63(86)59(57(45-16-8-5-9-17-45)46-18-10-6-11-19-46)78-62(85)55-24-15-30-81(55)65(87)58(47-20-12-7-13-21-47)77-60(83)44(2)71-3/h5-6,8-11,14,16-19,22-23,25-28,40-41,44,47,55,57-59,71H,4,7,12-13,15,20-21,24,29-39,42-43H2,1-3H3,(H,72,86)(H,73,84)(H,77,83)(H,78,85)(H,75,76,82)/t44-,55-,58-,59-/m0/s1. The molecule has 2 aromatic heterocycles. The van der Waals surface area contributed by atoms with E-state index < -0.39 is 65.5 Å². The molecular weight excluding hydrogens is 1190 g/mol. The number of anilines is 2. The maximum absolute atomic E-state index is 14.6. The highest BCUT2D eigenvalue weighted by atomic mass is 32.1. The van der Waals surface area contributed by atoms with E-state index in [1.165, 1.54) is 12.1 Å². The zero-order chi connectivity index (χ0) is 64.3. The predicted octanol–water partition coefficient (Wildman–Crippen LogP) is 7.85. The summed E-state index contributed by atoms with van der Waals surface area (Å²) < 4.78 is 59.9. The van der Waals surface area contributed by atoms with E-state index in [9.17, 15) is 41.9 Å². The first-order valence-electron chi connectivity index (χ1n) is 31.4. The number of rotatable bonds is 29. The molecule has 3 fully saturated rings. The van der Waals surface area contributed by atoms with Crippen LogP contribution >= 0.6 is 11.3 Å². The maximum Gasteiger partial charge on any atom is 0.416 e. The van der Waals surface area contributed by atoms with Gasteiger partial charge in [-0.25, -0.2) is 9.97 Å². The zero-order valence-corrected chi connectivity index (χ0v) is 52.6. The van der Waals surface area contributed by atoms with Crippen molar-refractivity contribution < 1.29 is 56.1 Å². The van der Waals surface area contributed by atoms with E-state index in [0.29, 0.717) is 59.2 Å². The molecule has 0 spiro atoms. The van der Waals surface area contributed by atoms with Gasteiger partial charge >= 0.3 is 6.18 Å². The van der Waals surface area contributed by atoms with Crippen LogP contribution in [-0.4, -0.2) is 177 Å². The second-order valence-electron chi connectivity index (χ2n) is 23.1. The van der Waals surface area contributed by atoms with Gasteiger partial charge in [-0.2, -0.15) is 13.2 Å². The van der Waals surface area contributed by atoms with Gasteiger partial charge in [0, 0.05) is 68.5 Å². The van der Waals surface area contributed by atoms with Gasteiger partial charge in [0.2, 0.25) is 23.6 Å². The molecule has 0 radical (unpaired) electrons. The van der Waals surface area contributed by atoms with Crippen LogP contribution in [0.1, 0.15) is 97.3 Å². The van der Waals surface area contributed by atoms with E-state index in [0.717, 1.165) is 80.3 Å². The number of hydrogen-bond acceptors (Lipinski definition) is 15. The monoisotopic (exact) mass is 1270 g/mol. The average Bonchev–Trinajstić information content (AvgIpc) is 2.20. The van der Waals surface area contributed by atoms with Crippen LogP contribution in [-0.2, 0) is 50.9 Å². The summed E-state index contributed by atoms with van der Waals surface area (Å²) in [6, 6.07) is 29.8. The number of nitrogens with one attached hydrogen (secondary N) is 6. The van der Waals surface area contributed by atoms with Gasteiger partial charge in [0.25, 0.3) is 11.8 Å². The summed E-state index contributed by atoms with van der Waals surface area (Å²) in [6.45, 7) is 8.84. The molecule has 9 rings (SSSR count). The number of hydrogen-bond donors (Lipinski definition) is 6. The van der Waals surface area contributed by atoms with Gasteiger partial charge < -0.3 is 50.6 Å². The first-order valence-corrected chi connectivity index (χ1v) is 32.2. The minimum Gasteiger partial charge on any atom is -0.377 e. The fourth-order valence-electron chi connectivity index (χ4n) is 11.9. The normalized spacial score (nSPS) is 16.9. The molecule has 4 heterocycles. The Morgan fingerprint density at radius 3 is 2.05 bits per heavy atom. The number of carbonyl (C=O) groups excluding carboxylic acids is 6. The summed E-state index contributed by atoms with van der Waals surface area (Å²) in [6.07, 6.45) is 0.980. The molecule has 1 saturated carbocycles. The Morgan fingerprint density at radius 1 is 0.692 bits per heavy atom. The largest absolute Gasteiger partial charge is 0.416 e. The molecular formula is C67H82F3N11O9S. The van der Waals surface area contributed by atoms with Crippen molar-refractivity contribution in [2.24, 2.45) is 5.92 Å². The van der Waals surface area contributed by atoms with E-state index in [-0.39, 0.29) is 87.3 Å². The van der Waals surface area contributed by atoms with Crippen molar-refractivity contribution in [1.29, 1.82) is 0 Å². The van der Waals surface area contributed by atoms with E-state index >= 15 is 0 Å². The van der Waals surface area contributed by atoms with Crippen LogP contribution in [0, 0.1) is 5.92 Å². The Hall–Kier alpha value is -7.71. The molecule has 4 atom stereocenters. The number of likely N-dealkylation sites (tertiary alicyclic amines) is 1. The van der Waals surface area contributed by atoms with Gasteiger partial charge in [-0.1, -0.05) is 116 Å². The van der Waals surface area contributed by atoms with E-state index in [4.69, 9.17) is 19.2 Å². The van der Waals surface area contributed by atoms with Crippen molar-refractivity contribution in [3.8, 4) is 11.3 Å². The molecule has 24 heteroatoms. The summed E-state index contributed by atoms with van der Waals surface area (Å²) in [5.74, 6) is -3.10. The predicted molar refractivity (Wildman–Crippen MR) is 342 cm³/mol. The number of fused-ring (bicyclic) bond motifs is 1. The molecule has 6 aromatic rings. The number of thiazole rings is 1. The highest BCUT2D eigenvalue weighted by Crippen LogP contribution is 2.36. The fourth-order valence-corrected chi connectivity index (χ4v) is 12.8. The van der Waals surface area contributed by atoms with Crippen molar-refractivity contribution >= 4 is 67.9 Å². The molecule has 4 aromatic carbocycles. The zero-order valence-electron chi connectivity index (χ0n) is 51.7. The molecule has 2 saturated heterocycles. The van der Waals surface area contributed by atoms with Crippen molar-refractivity contribution in [3.63, 3.8) is 0 Å². The SMILES string of the molecule is CCN1CCN(Cc2ccc(NC(=O)c3cccc(-c4ccc5nc(NC(=O)COCCOCCOCCNC(=O)[C@@H](NC(=O)[C@@H]6CCCN6C(=O)[C@@H](NC(=O)[C@H](C)NC)C6CCCCC6)C(c6ccccc6)c6ccccc6)sc5n4)c3)cc2C(F)(F)F)CC1. The third-order valence-electron chi connectivity index (χ3n) is 17.0. The Morgan fingerprint density at radius 2 is 1.37 bits per heavy atom. The fraction of sp³-hybridized carbons (Fsp3) is 0.463. The van der Waals surface area contributed by atoms with E-state index in [2.05, 4.69) is 48.7 Å². The highest BCUT2D eigenvalue weighted by Gasteiger charge is 2.43. The van der Waals surface area contributed by atoms with Crippen molar-refractivity contribution in [1.82, 2.24) is 45.9 Å². The summed E-state index contributed by atoms with van der Waals surface area (Å²) in [4.78, 5) is 98.6. The van der Waals surface area contributed by atoms with Crippen LogP contribution in [0.4, 0.5) is 24.0 Å². The highest BCUT2D eigenvalue weighted by molar-refractivity contribution is 7.22. The van der Waals surface area contributed by atoms with Gasteiger partial charge in [0.1, 0.15) is 35.1 Å². The Kier molecular flexibility index (Phi) is 24.6. The number of halogens is 3. The van der Waals surface area contributed by atoms with Gasteiger partial charge in [0.15, 0.2) is 5.13 Å². The Bertz CT molecular complexity index is 3360. The summed E-state index contributed by atoms with van der Waals surface area (Å²) in [5.41, 5.74) is 2.88. The molecule has 6 amide bonds.